The molecule has 5 heteroatoms. The number of esters is 1. The maximum absolute atomic E-state index is 12.1. The smallest absolute Gasteiger partial charge is 0.310 e. The number of hydrogen-bond acceptors (Lipinski definition) is 4. The highest BCUT2D eigenvalue weighted by Gasteiger charge is 2.22. The van der Waals surface area contributed by atoms with E-state index in [1.165, 1.54) is 7.11 Å². The normalized spacial score (nSPS) is 12.3. The van der Waals surface area contributed by atoms with E-state index < -0.39 is 0 Å². The van der Waals surface area contributed by atoms with E-state index in [1.807, 2.05) is 20.8 Å². The summed E-state index contributed by atoms with van der Waals surface area (Å²) in [5.74, 6) is -0.602. The standard InChI is InChI=1S/C14H27NO4/c1-6-19-9-7-8-15(13(16)11(2)3)10-12(4)14(17)18-5/h11-12H,6-10H2,1-5H3. The zero-order valence-electron chi connectivity index (χ0n) is 12.8. The summed E-state index contributed by atoms with van der Waals surface area (Å²) in [6.07, 6.45) is 0.778. The van der Waals surface area contributed by atoms with Crippen molar-refractivity contribution in [3.63, 3.8) is 0 Å². The number of amides is 1. The van der Waals surface area contributed by atoms with Gasteiger partial charge in [0.15, 0.2) is 0 Å². The molecule has 0 aromatic carbocycles. The van der Waals surface area contributed by atoms with Gasteiger partial charge in [0.1, 0.15) is 0 Å². The summed E-state index contributed by atoms with van der Waals surface area (Å²) in [7, 11) is 1.36. The molecule has 0 saturated carbocycles. The van der Waals surface area contributed by atoms with E-state index in [0.717, 1.165) is 6.42 Å². The maximum atomic E-state index is 12.1. The lowest BCUT2D eigenvalue weighted by atomic mass is 10.1. The number of carbonyl (C=O) groups is 2. The van der Waals surface area contributed by atoms with Crippen LogP contribution in [0, 0.1) is 11.8 Å². The third-order valence-electron chi connectivity index (χ3n) is 2.82. The average Bonchev–Trinajstić information content (AvgIpc) is 2.39. The second kappa shape index (κ2) is 9.78. The predicted molar refractivity (Wildman–Crippen MR) is 73.7 cm³/mol. The van der Waals surface area contributed by atoms with Crippen LogP contribution >= 0.6 is 0 Å². The average molecular weight is 273 g/mol. The topological polar surface area (TPSA) is 55.8 Å². The minimum absolute atomic E-state index is 0.0623. The lowest BCUT2D eigenvalue weighted by molar-refractivity contribution is -0.147. The lowest BCUT2D eigenvalue weighted by Crippen LogP contribution is -2.40. The zero-order valence-corrected chi connectivity index (χ0v) is 12.8. The quantitative estimate of drug-likeness (QED) is 0.474. The van der Waals surface area contributed by atoms with Crippen molar-refractivity contribution in [3.8, 4) is 0 Å². The Kier molecular flexibility index (Phi) is 9.21. The first-order valence-corrected chi connectivity index (χ1v) is 6.88. The van der Waals surface area contributed by atoms with E-state index in [-0.39, 0.29) is 23.7 Å². The van der Waals surface area contributed by atoms with E-state index in [9.17, 15) is 9.59 Å². The minimum atomic E-state index is -0.306. The van der Waals surface area contributed by atoms with Crippen molar-refractivity contribution in [2.45, 2.75) is 34.1 Å². The van der Waals surface area contributed by atoms with Crippen LogP contribution in [0.15, 0.2) is 0 Å². The number of hydrogen-bond donors (Lipinski definition) is 0. The van der Waals surface area contributed by atoms with Crippen LogP contribution < -0.4 is 0 Å². The zero-order chi connectivity index (χ0) is 14.8. The van der Waals surface area contributed by atoms with E-state index in [2.05, 4.69) is 0 Å². The molecule has 112 valence electrons. The summed E-state index contributed by atoms with van der Waals surface area (Å²) in [6, 6.07) is 0. The Bertz CT molecular complexity index is 279. The van der Waals surface area contributed by atoms with E-state index >= 15 is 0 Å². The Morgan fingerprint density at radius 3 is 2.32 bits per heavy atom. The molecule has 1 amide bonds. The van der Waals surface area contributed by atoms with Crippen molar-refractivity contribution >= 4 is 11.9 Å². The number of nitrogens with zero attached hydrogens (tertiary/aromatic N) is 1. The monoisotopic (exact) mass is 273 g/mol. The molecule has 0 fully saturated rings. The Morgan fingerprint density at radius 2 is 1.84 bits per heavy atom. The highest BCUT2D eigenvalue weighted by molar-refractivity contribution is 5.79. The summed E-state index contributed by atoms with van der Waals surface area (Å²) >= 11 is 0. The predicted octanol–water partition coefficient (Wildman–Crippen LogP) is 1.71. The SMILES string of the molecule is CCOCCCN(CC(C)C(=O)OC)C(=O)C(C)C. The first kappa shape index (κ1) is 17.9. The van der Waals surface area contributed by atoms with Crippen LogP contribution in [-0.4, -0.2) is 50.2 Å². The van der Waals surface area contributed by atoms with E-state index in [4.69, 9.17) is 9.47 Å². The maximum Gasteiger partial charge on any atom is 0.310 e. The molecule has 0 aromatic rings. The van der Waals surface area contributed by atoms with Gasteiger partial charge in [-0.3, -0.25) is 9.59 Å². The van der Waals surface area contributed by atoms with Gasteiger partial charge in [-0.25, -0.2) is 0 Å². The first-order chi connectivity index (χ1) is 8.93. The molecular weight excluding hydrogens is 246 g/mol. The molecule has 0 spiro atoms. The van der Waals surface area contributed by atoms with Crippen molar-refractivity contribution in [3.05, 3.63) is 0 Å². The summed E-state index contributed by atoms with van der Waals surface area (Å²) in [5.41, 5.74) is 0. The third kappa shape index (κ3) is 7.15. The molecule has 0 aliphatic carbocycles. The molecule has 0 heterocycles. The van der Waals surface area contributed by atoms with Gasteiger partial charge in [-0.05, 0) is 13.3 Å². The molecule has 0 bridgehead atoms. The van der Waals surface area contributed by atoms with Gasteiger partial charge in [0.2, 0.25) is 5.91 Å². The molecular formula is C14H27NO4. The van der Waals surface area contributed by atoms with Crippen LogP contribution in [0.1, 0.15) is 34.1 Å². The lowest BCUT2D eigenvalue weighted by Gasteiger charge is -2.26. The molecule has 0 radical (unpaired) electrons. The van der Waals surface area contributed by atoms with Gasteiger partial charge < -0.3 is 14.4 Å². The molecule has 19 heavy (non-hydrogen) atoms. The van der Waals surface area contributed by atoms with Crippen molar-refractivity contribution in [2.24, 2.45) is 11.8 Å². The molecule has 1 atom stereocenters. The van der Waals surface area contributed by atoms with Gasteiger partial charge in [0.05, 0.1) is 13.0 Å². The highest BCUT2D eigenvalue weighted by Crippen LogP contribution is 2.08. The fraction of sp³-hybridized carbons (Fsp3) is 0.857. The van der Waals surface area contributed by atoms with Crippen LogP contribution in [-0.2, 0) is 19.1 Å². The van der Waals surface area contributed by atoms with Crippen molar-refractivity contribution < 1.29 is 19.1 Å². The number of carbonyl (C=O) groups excluding carboxylic acids is 2. The van der Waals surface area contributed by atoms with E-state index in [0.29, 0.717) is 26.3 Å². The summed E-state index contributed by atoms with van der Waals surface area (Å²) in [6.45, 7) is 9.75. The second-order valence-corrected chi connectivity index (χ2v) is 4.91. The third-order valence-corrected chi connectivity index (χ3v) is 2.82. The molecule has 0 saturated heterocycles. The highest BCUT2D eigenvalue weighted by atomic mass is 16.5. The number of ether oxygens (including phenoxy) is 2. The molecule has 0 N–H and O–H groups in total. The Hall–Kier alpha value is -1.10. The van der Waals surface area contributed by atoms with Gasteiger partial charge in [-0.1, -0.05) is 20.8 Å². The summed E-state index contributed by atoms with van der Waals surface area (Å²) < 4.78 is 9.96. The van der Waals surface area contributed by atoms with Crippen molar-refractivity contribution in [1.29, 1.82) is 0 Å². The van der Waals surface area contributed by atoms with Gasteiger partial charge in [-0.15, -0.1) is 0 Å². The second-order valence-electron chi connectivity index (χ2n) is 4.91. The molecule has 0 aliphatic rings. The Labute approximate surface area is 116 Å². The molecule has 5 nitrogen and oxygen atoms in total. The van der Waals surface area contributed by atoms with Crippen LogP contribution in [0.5, 0.6) is 0 Å². The molecule has 0 aromatic heterocycles. The van der Waals surface area contributed by atoms with Crippen molar-refractivity contribution in [2.75, 3.05) is 33.4 Å². The Balaban J connectivity index is 4.41. The molecule has 1 unspecified atom stereocenters. The van der Waals surface area contributed by atoms with E-state index in [1.54, 1.807) is 11.8 Å². The van der Waals surface area contributed by atoms with Crippen molar-refractivity contribution in [1.82, 2.24) is 4.90 Å². The van der Waals surface area contributed by atoms with Gasteiger partial charge in [-0.2, -0.15) is 0 Å². The number of methoxy groups -OCH3 is 1. The molecule has 0 aliphatic heterocycles. The Morgan fingerprint density at radius 1 is 1.21 bits per heavy atom. The first-order valence-electron chi connectivity index (χ1n) is 6.88. The fourth-order valence-corrected chi connectivity index (χ4v) is 1.76. The van der Waals surface area contributed by atoms with Crippen LogP contribution in [0.25, 0.3) is 0 Å². The van der Waals surface area contributed by atoms with Crippen LogP contribution in [0.2, 0.25) is 0 Å². The van der Waals surface area contributed by atoms with Gasteiger partial charge in [0.25, 0.3) is 0 Å². The summed E-state index contributed by atoms with van der Waals surface area (Å²) in [4.78, 5) is 25.2. The minimum Gasteiger partial charge on any atom is -0.469 e. The fourth-order valence-electron chi connectivity index (χ4n) is 1.76. The van der Waals surface area contributed by atoms with Crippen LogP contribution in [0.3, 0.4) is 0 Å². The molecule has 0 rings (SSSR count). The number of rotatable bonds is 9. The van der Waals surface area contributed by atoms with Crippen LogP contribution in [0.4, 0.5) is 0 Å². The van der Waals surface area contributed by atoms with Gasteiger partial charge in [0, 0.05) is 32.2 Å². The largest absolute Gasteiger partial charge is 0.469 e. The summed E-state index contributed by atoms with van der Waals surface area (Å²) in [5, 5.41) is 0. The van der Waals surface area contributed by atoms with Gasteiger partial charge >= 0.3 is 5.97 Å².